The lowest BCUT2D eigenvalue weighted by Crippen LogP contribution is -2.41. The van der Waals surface area contributed by atoms with Crippen molar-refractivity contribution in [3.63, 3.8) is 0 Å². The molecule has 9 heteroatoms. The molecule has 0 saturated heterocycles. The van der Waals surface area contributed by atoms with Gasteiger partial charge < -0.3 is 4.90 Å². The third-order valence-corrected chi connectivity index (χ3v) is 4.75. The first-order valence-electron chi connectivity index (χ1n) is 8.73. The molecule has 0 saturated carbocycles. The lowest BCUT2D eigenvalue weighted by Gasteiger charge is -2.26. The number of hydrogen-bond acceptors (Lipinski definition) is 3. The number of alkyl halides is 3. The highest BCUT2D eigenvalue weighted by Crippen LogP contribution is 2.31. The summed E-state index contributed by atoms with van der Waals surface area (Å²) in [5.41, 5.74) is 0.643. The van der Waals surface area contributed by atoms with Gasteiger partial charge >= 0.3 is 6.18 Å². The first kappa shape index (κ1) is 20.9. The van der Waals surface area contributed by atoms with E-state index in [4.69, 9.17) is 11.6 Å². The van der Waals surface area contributed by atoms with Gasteiger partial charge in [-0.1, -0.05) is 29.8 Å². The molecule has 0 radical (unpaired) electrons. The van der Waals surface area contributed by atoms with Gasteiger partial charge in [0.25, 0.3) is 0 Å². The van der Waals surface area contributed by atoms with Gasteiger partial charge in [-0.15, -0.1) is 0 Å². The molecule has 0 spiro atoms. The summed E-state index contributed by atoms with van der Waals surface area (Å²) in [6.45, 7) is -0.372. The summed E-state index contributed by atoms with van der Waals surface area (Å²) in [5.74, 6) is -0.882. The number of carbonyl (C=O) groups is 2. The lowest BCUT2D eigenvalue weighted by atomic mass is 10.0. The molecule has 2 amide bonds. The summed E-state index contributed by atoms with van der Waals surface area (Å²) in [5, 5.41) is 5.89. The van der Waals surface area contributed by atoms with E-state index in [1.165, 1.54) is 19.2 Å². The van der Waals surface area contributed by atoms with E-state index in [1.54, 1.807) is 24.3 Å². The van der Waals surface area contributed by atoms with Crippen molar-refractivity contribution in [2.45, 2.75) is 19.0 Å². The van der Waals surface area contributed by atoms with Gasteiger partial charge in [0.1, 0.15) is 6.54 Å². The number of likely N-dealkylation sites (N-methyl/N-ethyl adjacent to an activating group) is 1. The predicted molar refractivity (Wildman–Crippen MR) is 104 cm³/mol. The quantitative estimate of drug-likeness (QED) is 0.734. The van der Waals surface area contributed by atoms with E-state index in [2.05, 4.69) is 5.10 Å². The van der Waals surface area contributed by atoms with Gasteiger partial charge in [0.2, 0.25) is 11.8 Å². The van der Waals surface area contributed by atoms with E-state index in [-0.39, 0.29) is 24.6 Å². The Morgan fingerprint density at radius 1 is 1.17 bits per heavy atom. The number of nitrogens with zero attached hydrogens (tertiary/aromatic N) is 3. The zero-order chi connectivity index (χ0) is 21.2. The maximum absolute atomic E-state index is 12.9. The molecule has 1 aliphatic heterocycles. The minimum atomic E-state index is -4.51. The third kappa shape index (κ3) is 4.95. The second kappa shape index (κ2) is 8.24. The SMILES string of the molecule is CN(C(=O)CN1N=C(c2ccc(Cl)cc2)CCC1=O)c1cccc(C(F)(F)F)c1. The monoisotopic (exact) mass is 423 g/mol. The van der Waals surface area contributed by atoms with Gasteiger partial charge in [-0.2, -0.15) is 18.3 Å². The Morgan fingerprint density at radius 2 is 1.86 bits per heavy atom. The van der Waals surface area contributed by atoms with E-state index in [1.807, 2.05) is 0 Å². The third-order valence-electron chi connectivity index (χ3n) is 4.50. The molecular formula is C20H17ClF3N3O2. The van der Waals surface area contributed by atoms with Crippen LogP contribution < -0.4 is 4.90 Å². The molecule has 1 aliphatic rings. The first-order valence-corrected chi connectivity index (χ1v) is 9.10. The number of hydrazone groups is 1. The Bertz CT molecular complexity index is 958. The van der Waals surface area contributed by atoms with Gasteiger partial charge in [0, 0.05) is 30.6 Å². The fraction of sp³-hybridized carbons (Fsp3) is 0.250. The van der Waals surface area contributed by atoms with Gasteiger partial charge in [-0.25, -0.2) is 5.01 Å². The van der Waals surface area contributed by atoms with Crippen LogP contribution in [0.4, 0.5) is 18.9 Å². The number of anilines is 1. The average molecular weight is 424 g/mol. The molecular weight excluding hydrogens is 407 g/mol. The van der Waals surface area contributed by atoms with Crippen molar-refractivity contribution in [3.05, 3.63) is 64.7 Å². The summed E-state index contributed by atoms with van der Waals surface area (Å²) in [7, 11) is 1.36. The molecule has 1 heterocycles. The van der Waals surface area contributed by atoms with Crippen LogP contribution in [-0.4, -0.2) is 36.1 Å². The molecule has 0 unspecified atom stereocenters. The highest BCUT2D eigenvalue weighted by Gasteiger charge is 2.31. The van der Waals surface area contributed by atoms with Gasteiger partial charge in [0.15, 0.2) is 0 Å². The minimum absolute atomic E-state index is 0.0798. The van der Waals surface area contributed by atoms with Crippen LogP contribution in [0.15, 0.2) is 53.6 Å². The van der Waals surface area contributed by atoms with Crippen LogP contribution in [-0.2, 0) is 15.8 Å². The Hall–Kier alpha value is -2.87. The molecule has 2 aromatic carbocycles. The highest BCUT2D eigenvalue weighted by atomic mass is 35.5. The van der Waals surface area contributed by atoms with Crippen molar-refractivity contribution in [2.75, 3.05) is 18.5 Å². The van der Waals surface area contributed by atoms with Crippen LogP contribution in [0.25, 0.3) is 0 Å². The average Bonchev–Trinajstić information content (AvgIpc) is 2.69. The predicted octanol–water partition coefficient (Wildman–Crippen LogP) is 4.35. The Balaban J connectivity index is 1.77. The van der Waals surface area contributed by atoms with Crippen LogP contribution in [0.3, 0.4) is 0 Å². The number of carbonyl (C=O) groups excluding carboxylic acids is 2. The molecule has 0 aliphatic carbocycles. The van der Waals surface area contributed by atoms with Crippen molar-refractivity contribution >= 4 is 34.8 Å². The molecule has 29 heavy (non-hydrogen) atoms. The molecule has 0 N–H and O–H groups in total. The van der Waals surface area contributed by atoms with Crippen LogP contribution in [0.2, 0.25) is 5.02 Å². The number of hydrogen-bond donors (Lipinski definition) is 0. The van der Waals surface area contributed by atoms with Gasteiger partial charge in [0.05, 0.1) is 11.3 Å². The number of rotatable bonds is 4. The molecule has 2 aromatic rings. The van der Waals surface area contributed by atoms with E-state index in [9.17, 15) is 22.8 Å². The molecule has 152 valence electrons. The standard InChI is InChI=1S/C20H17ClF3N3O2/c1-26(16-4-2-3-14(11-16)20(22,23)24)19(29)12-27-18(28)10-9-17(25-27)13-5-7-15(21)8-6-13/h2-8,11H,9-10,12H2,1H3. The maximum atomic E-state index is 12.9. The van der Waals surface area contributed by atoms with E-state index in [0.29, 0.717) is 17.2 Å². The van der Waals surface area contributed by atoms with Crippen molar-refractivity contribution < 1.29 is 22.8 Å². The molecule has 3 rings (SSSR count). The van der Waals surface area contributed by atoms with Gasteiger partial charge in [-0.3, -0.25) is 9.59 Å². The van der Waals surface area contributed by atoms with E-state index in [0.717, 1.165) is 27.6 Å². The van der Waals surface area contributed by atoms with E-state index >= 15 is 0 Å². The Morgan fingerprint density at radius 3 is 2.52 bits per heavy atom. The van der Waals surface area contributed by atoms with Crippen molar-refractivity contribution in [3.8, 4) is 0 Å². The fourth-order valence-corrected chi connectivity index (χ4v) is 2.97. The van der Waals surface area contributed by atoms with Crippen LogP contribution >= 0.6 is 11.6 Å². The van der Waals surface area contributed by atoms with E-state index < -0.39 is 17.6 Å². The summed E-state index contributed by atoms with van der Waals surface area (Å²) < 4.78 is 38.7. The topological polar surface area (TPSA) is 53.0 Å². The number of benzene rings is 2. The van der Waals surface area contributed by atoms with Crippen LogP contribution in [0, 0.1) is 0 Å². The summed E-state index contributed by atoms with van der Waals surface area (Å²) in [4.78, 5) is 25.8. The number of halogens is 4. The molecule has 5 nitrogen and oxygen atoms in total. The zero-order valence-corrected chi connectivity index (χ0v) is 16.2. The second-order valence-corrected chi connectivity index (χ2v) is 6.94. The minimum Gasteiger partial charge on any atom is -0.314 e. The van der Waals surface area contributed by atoms with Crippen molar-refractivity contribution in [2.24, 2.45) is 5.10 Å². The Kier molecular flexibility index (Phi) is 5.93. The summed E-state index contributed by atoms with van der Waals surface area (Å²) in [6.07, 6.45) is -3.91. The smallest absolute Gasteiger partial charge is 0.314 e. The maximum Gasteiger partial charge on any atom is 0.416 e. The zero-order valence-electron chi connectivity index (χ0n) is 15.4. The second-order valence-electron chi connectivity index (χ2n) is 6.51. The lowest BCUT2D eigenvalue weighted by molar-refractivity contribution is -0.137. The summed E-state index contributed by atoms with van der Waals surface area (Å²) >= 11 is 5.88. The molecule has 0 atom stereocenters. The van der Waals surface area contributed by atoms with Crippen LogP contribution in [0.5, 0.6) is 0 Å². The largest absolute Gasteiger partial charge is 0.416 e. The highest BCUT2D eigenvalue weighted by molar-refractivity contribution is 6.30. The van der Waals surface area contributed by atoms with Crippen molar-refractivity contribution in [1.82, 2.24) is 5.01 Å². The normalized spacial score (nSPS) is 14.6. The van der Waals surface area contributed by atoms with Crippen LogP contribution in [0.1, 0.15) is 24.0 Å². The molecule has 0 aromatic heterocycles. The molecule has 0 bridgehead atoms. The van der Waals surface area contributed by atoms with Gasteiger partial charge in [-0.05, 0) is 35.9 Å². The number of amides is 2. The first-order chi connectivity index (χ1) is 13.6. The fourth-order valence-electron chi connectivity index (χ4n) is 2.84. The summed E-state index contributed by atoms with van der Waals surface area (Å²) in [6, 6.07) is 11.4. The Labute approximate surface area is 170 Å². The van der Waals surface area contributed by atoms with Crippen molar-refractivity contribution in [1.29, 1.82) is 0 Å². The molecule has 0 fully saturated rings.